The minimum atomic E-state index is -4.22. The van der Waals surface area contributed by atoms with Gasteiger partial charge in [-0.15, -0.1) is 0 Å². The molecule has 0 heterocycles. The summed E-state index contributed by atoms with van der Waals surface area (Å²) in [6, 6.07) is 18.7. The van der Waals surface area contributed by atoms with Crippen LogP contribution in [0.2, 0.25) is 10.0 Å². The molecule has 3 aromatic rings. The Kier molecular flexibility index (Phi) is 11.3. The maximum atomic E-state index is 14.3. The van der Waals surface area contributed by atoms with E-state index in [0.717, 1.165) is 36.4 Å². The summed E-state index contributed by atoms with van der Waals surface area (Å²) in [6.45, 7) is 1.29. The van der Waals surface area contributed by atoms with Crippen molar-refractivity contribution >= 4 is 50.7 Å². The van der Waals surface area contributed by atoms with E-state index < -0.39 is 28.5 Å². The summed E-state index contributed by atoms with van der Waals surface area (Å²) in [7, 11) is -2.76. The molecule has 0 saturated heterocycles. The third kappa shape index (κ3) is 8.02. The molecule has 1 aliphatic carbocycles. The maximum absolute atomic E-state index is 14.3. The molecule has 1 atom stereocenters. The van der Waals surface area contributed by atoms with Gasteiger partial charge in [-0.1, -0.05) is 85.8 Å². The van der Waals surface area contributed by atoms with Gasteiger partial charge in [0.25, 0.3) is 10.0 Å². The van der Waals surface area contributed by atoms with Crippen LogP contribution >= 0.6 is 23.2 Å². The lowest BCUT2D eigenvalue weighted by molar-refractivity contribution is -0.140. The number of carbonyl (C=O) groups is 2. The number of nitrogens with one attached hydrogen (secondary N) is 1. The quantitative estimate of drug-likeness (QED) is 0.244. The molecule has 8 nitrogen and oxygen atoms in total. The van der Waals surface area contributed by atoms with E-state index >= 15 is 0 Å². The van der Waals surface area contributed by atoms with Crippen LogP contribution in [0.5, 0.6) is 5.75 Å². The highest BCUT2D eigenvalue weighted by molar-refractivity contribution is 7.92. The summed E-state index contributed by atoms with van der Waals surface area (Å²) < 4.78 is 34.2. The number of hydrogen-bond donors (Lipinski definition) is 1. The molecule has 1 saturated carbocycles. The second kappa shape index (κ2) is 14.9. The summed E-state index contributed by atoms with van der Waals surface area (Å²) in [5.74, 6) is -0.462. The van der Waals surface area contributed by atoms with Gasteiger partial charge in [-0.2, -0.15) is 0 Å². The molecule has 11 heteroatoms. The van der Waals surface area contributed by atoms with Crippen molar-refractivity contribution in [3.05, 3.63) is 88.4 Å². The summed E-state index contributed by atoms with van der Waals surface area (Å²) in [5, 5.41) is 3.77. The molecule has 0 spiro atoms. The summed E-state index contributed by atoms with van der Waals surface area (Å²) >= 11 is 12.9. The first-order chi connectivity index (χ1) is 20.6. The number of halogens is 2. The normalized spacial score (nSPS) is 14.5. The van der Waals surface area contributed by atoms with E-state index in [-0.39, 0.29) is 34.1 Å². The molecule has 3 aromatic carbocycles. The van der Waals surface area contributed by atoms with Gasteiger partial charge < -0.3 is 15.0 Å². The smallest absolute Gasteiger partial charge is 0.264 e. The predicted octanol–water partition coefficient (Wildman–Crippen LogP) is 6.45. The lowest BCUT2D eigenvalue weighted by Crippen LogP contribution is -2.54. The number of anilines is 1. The highest BCUT2D eigenvalue weighted by atomic mass is 35.5. The van der Waals surface area contributed by atoms with E-state index in [2.05, 4.69) is 5.32 Å². The first kappa shape index (κ1) is 32.6. The van der Waals surface area contributed by atoms with Crippen LogP contribution in [0.15, 0.2) is 77.7 Å². The van der Waals surface area contributed by atoms with Crippen molar-refractivity contribution < 1.29 is 22.7 Å². The third-order valence-electron chi connectivity index (χ3n) is 7.67. The van der Waals surface area contributed by atoms with Crippen LogP contribution in [0.25, 0.3) is 0 Å². The average molecular weight is 647 g/mol. The van der Waals surface area contributed by atoms with Crippen molar-refractivity contribution in [1.29, 1.82) is 0 Å². The van der Waals surface area contributed by atoms with Crippen LogP contribution in [0.4, 0.5) is 5.69 Å². The summed E-state index contributed by atoms with van der Waals surface area (Å²) in [4.78, 5) is 29.4. The van der Waals surface area contributed by atoms with Crippen molar-refractivity contribution in [3.63, 3.8) is 0 Å². The largest absolute Gasteiger partial charge is 0.495 e. The molecule has 0 radical (unpaired) electrons. The predicted molar refractivity (Wildman–Crippen MR) is 170 cm³/mol. The van der Waals surface area contributed by atoms with Crippen LogP contribution < -0.4 is 14.4 Å². The van der Waals surface area contributed by atoms with Gasteiger partial charge in [-0.3, -0.25) is 13.9 Å². The van der Waals surface area contributed by atoms with Gasteiger partial charge >= 0.3 is 0 Å². The summed E-state index contributed by atoms with van der Waals surface area (Å²) in [6.07, 6.45) is 5.34. The molecule has 43 heavy (non-hydrogen) atoms. The van der Waals surface area contributed by atoms with Gasteiger partial charge in [0, 0.05) is 17.6 Å². The Balaban J connectivity index is 1.73. The first-order valence-electron chi connectivity index (χ1n) is 14.4. The second-order valence-electron chi connectivity index (χ2n) is 10.5. The molecule has 1 N–H and O–H groups in total. The number of methoxy groups -OCH3 is 1. The number of sulfonamides is 1. The molecule has 1 fully saturated rings. The van der Waals surface area contributed by atoms with Crippen LogP contribution in [0.1, 0.15) is 51.0 Å². The molecular formula is C32H37Cl2N3O5S. The fourth-order valence-electron chi connectivity index (χ4n) is 5.33. The molecule has 1 aliphatic rings. The van der Waals surface area contributed by atoms with Crippen molar-refractivity contribution in [2.24, 2.45) is 0 Å². The van der Waals surface area contributed by atoms with E-state index in [1.807, 2.05) is 6.92 Å². The van der Waals surface area contributed by atoms with Crippen LogP contribution in [-0.4, -0.2) is 50.9 Å². The highest BCUT2D eigenvalue weighted by Gasteiger charge is 2.35. The van der Waals surface area contributed by atoms with Gasteiger partial charge in [0.1, 0.15) is 18.3 Å². The van der Waals surface area contributed by atoms with Gasteiger partial charge in [0.15, 0.2) is 0 Å². The number of ether oxygens (including phenoxy) is 1. The zero-order chi connectivity index (χ0) is 31.0. The third-order valence-corrected chi connectivity index (χ3v) is 10.1. The zero-order valence-corrected chi connectivity index (χ0v) is 26.7. The number of benzene rings is 3. The molecule has 4 rings (SSSR count). The van der Waals surface area contributed by atoms with Crippen LogP contribution in [0.3, 0.4) is 0 Å². The van der Waals surface area contributed by atoms with Gasteiger partial charge in [0.2, 0.25) is 11.8 Å². The first-order valence-corrected chi connectivity index (χ1v) is 16.6. The summed E-state index contributed by atoms with van der Waals surface area (Å²) in [5.41, 5.74) is 0.826. The Labute approximate surface area is 264 Å². The van der Waals surface area contributed by atoms with Gasteiger partial charge in [-0.25, -0.2) is 8.42 Å². The van der Waals surface area contributed by atoms with Crippen LogP contribution in [0, 0.1) is 0 Å². The highest BCUT2D eigenvalue weighted by Crippen LogP contribution is 2.32. The number of nitrogens with zero attached hydrogens (tertiary/aromatic N) is 2. The van der Waals surface area contributed by atoms with Crippen molar-refractivity contribution in [2.75, 3.05) is 18.0 Å². The number of rotatable bonds is 12. The van der Waals surface area contributed by atoms with E-state index in [9.17, 15) is 18.0 Å². The van der Waals surface area contributed by atoms with E-state index in [1.54, 1.807) is 48.5 Å². The van der Waals surface area contributed by atoms with Gasteiger partial charge in [0.05, 0.1) is 22.7 Å². The molecule has 2 amide bonds. The van der Waals surface area contributed by atoms with Crippen molar-refractivity contribution in [3.8, 4) is 5.75 Å². The monoisotopic (exact) mass is 645 g/mol. The number of carbonyl (C=O) groups excluding carboxylic acids is 2. The molecule has 0 aromatic heterocycles. The van der Waals surface area contributed by atoms with Crippen molar-refractivity contribution in [1.82, 2.24) is 10.2 Å². The SMILES string of the molecule is CCC(C(=O)NC1CCCCC1)N(Cc1ccccc1Cl)C(=O)CN(c1ccc(OC)c(Cl)c1)S(=O)(=O)c1ccccc1. The fraction of sp³-hybridized carbons (Fsp3) is 0.375. The average Bonchev–Trinajstić information content (AvgIpc) is 3.01. The Hall–Kier alpha value is -3.27. The molecule has 0 aliphatic heterocycles. The fourth-order valence-corrected chi connectivity index (χ4v) is 7.21. The lowest BCUT2D eigenvalue weighted by Gasteiger charge is -2.34. The Morgan fingerprint density at radius 2 is 1.63 bits per heavy atom. The Morgan fingerprint density at radius 3 is 2.26 bits per heavy atom. The topological polar surface area (TPSA) is 96.0 Å². The number of amides is 2. The lowest BCUT2D eigenvalue weighted by atomic mass is 9.95. The van der Waals surface area contributed by atoms with Crippen LogP contribution in [-0.2, 0) is 26.2 Å². The van der Waals surface area contributed by atoms with E-state index in [0.29, 0.717) is 22.8 Å². The van der Waals surface area contributed by atoms with E-state index in [1.165, 1.54) is 36.3 Å². The van der Waals surface area contributed by atoms with Gasteiger partial charge in [-0.05, 0) is 61.2 Å². The molecular weight excluding hydrogens is 609 g/mol. The minimum absolute atomic E-state index is 0.00878. The van der Waals surface area contributed by atoms with E-state index in [4.69, 9.17) is 27.9 Å². The minimum Gasteiger partial charge on any atom is -0.495 e. The maximum Gasteiger partial charge on any atom is 0.264 e. The van der Waals surface area contributed by atoms with Crippen molar-refractivity contribution in [2.45, 2.75) is 69.0 Å². The number of hydrogen-bond acceptors (Lipinski definition) is 5. The zero-order valence-electron chi connectivity index (χ0n) is 24.3. The standard InChI is InChI=1S/C32H37Cl2N3O5S/c1-3-29(32(39)35-24-13-6-4-7-14-24)36(21-23-12-10-11-17-27(23)33)31(38)22-37(25-18-19-30(42-2)28(34)20-25)43(40,41)26-15-8-5-9-16-26/h5,8-12,15-20,24,29H,3-4,6-7,13-14,21-22H2,1-2H3,(H,35,39). The Morgan fingerprint density at radius 1 is 0.953 bits per heavy atom. The molecule has 1 unspecified atom stereocenters. The second-order valence-corrected chi connectivity index (χ2v) is 13.2. The molecule has 0 bridgehead atoms. The Bertz CT molecular complexity index is 1510. The molecule has 230 valence electrons.